The highest BCUT2D eigenvalue weighted by Gasteiger charge is 2.45. The summed E-state index contributed by atoms with van der Waals surface area (Å²) in [5.41, 5.74) is 5.52. The zero-order valence-electron chi connectivity index (χ0n) is 23.2. The number of fused-ring (bicyclic) bond motifs is 2. The summed E-state index contributed by atoms with van der Waals surface area (Å²) in [5.74, 6) is 1.42. The summed E-state index contributed by atoms with van der Waals surface area (Å²) >= 11 is 0. The number of anilines is 1. The first-order valence-corrected chi connectivity index (χ1v) is 13.4. The number of nitrogens with one attached hydrogen (secondary N) is 1. The number of ether oxygens (including phenoxy) is 3. The summed E-state index contributed by atoms with van der Waals surface area (Å²) < 4.78 is 18.6. The summed E-state index contributed by atoms with van der Waals surface area (Å²) in [6.07, 6.45) is 1.70. The minimum Gasteiger partial charge on any atom is -0.497 e. The van der Waals surface area contributed by atoms with Gasteiger partial charge in [0.2, 0.25) is 17.3 Å². The predicted molar refractivity (Wildman–Crippen MR) is 146 cm³/mol. The van der Waals surface area contributed by atoms with Gasteiger partial charge in [-0.25, -0.2) is 4.79 Å². The number of rotatable bonds is 10. The molecule has 39 heavy (non-hydrogen) atoms. The van der Waals surface area contributed by atoms with Crippen molar-refractivity contribution in [2.24, 2.45) is 0 Å². The Bertz CT molecular complexity index is 1360. The van der Waals surface area contributed by atoms with E-state index in [0.29, 0.717) is 37.5 Å². The van der Waals surface area contributed by atoms with E-state index in [4.69, 9.17) is 14.2 Å². The molecule has 9 heteroatoms. The van der Waals surface area contributed by atoms with Crippen LogP contribution in [0.2, 0.25) is 0 Å². The molecule has 3 heterocycles. The molecular weight excluding hydrogens is 498 g/mol. The van der Waals surface area contributed by atoms with Gasteiger partial charge in [0.25, 0.3) is 0 Å². The van der Waals surface area contributed by atoms with Gasteiger partial charge in [-0.3, -0.25) is 4.79 Å². The molecule has 1 saturated heterocycles. The Kier molecular flexibility index (Phi) is 7.44. The standard InChI is InChI=1S/C30H36N3O6/c1-17(34)6-7-20-15-31-26-13-25(28(38-5)14-23(20)26)30-22(10-11-32(18(2)35)29-16-39-29)24-12-21(37-4)8-9-27(24)33(30)19(3)36/h8-9,12-14,20,22,29,31H,6-7,10-11,15-16H2,1-5H3/q+1. The number of hydrogen-bond acceptors (Lipinski definition) is 7. The molecule has 2 aromatic carbocycles. The highest BCUT2D eigenvalue weighted by Crippen LogP contribution is 2.46. The van der Waals surface area contributed by atoms with Gasteiger partial charge in [-0.15, -0.1) is 4.58 Å². The Morgan fingerprint density at radius 2 is 1.82 bits per heavy atom. The van der Waals surface area contributed by atoms with E-state index in [9.17, 15) is 14.4 Å². The number of carbonyl (C=O) groups is 3. The molecule has 1 fully saturated rings. The van der Waals surface area contributed by atoms with Gasteiger partial charge in [0, 0.05) is 49.7 Å². The molecule has 0 radical (unpaired) electrons. The fourth-order valence-electron chi connectivity index (χ4n) is 5.94. The first kappa shape index (κ1) is 26.9. The Morgan fingerprint density at radius 1 is 1.05 bits per heavy atom. The van der Waals surface area contributed by atoms with Crippen LogP contribution in [0.15, 0.2) is 30.3 Å². The van der Waals surface area contributed by atoms with Crippen LogP contribution in [0.3, 0.4) is 0 Å². The number of ketones is 1. The lowest BCUT2D eigenvalue weighted by molar-refractivity contribution is -0.361. The molecule has 0 aromatic heterocycles. The lowest BCUT2D eigenvalue weighted by Gasteiger charge is -2.21. The fourth-order valence-corrected chi connectivity index (χ4v) is 5.94. The molecule has 3 unspecified atom stereocenters. The largest absolute Gasteiger partial charge is 0.497 e. The van der Waals surface area contributed by atoms with Crippen LogP contribution in [0.1, 0.15) is 68.6 Å². The molecule has 3 aliphatic rings. The summed E-state index contributed by atoms with van der Waals surface area (Å²) in [6, 6.07) is 9.86. The van der Waals surface area contributed by atoms with Crippen molar-refractivity contribution in [1.29, 1.82) is 0 Å². The van der Waals surface area contributed by atoms with Crippen LogP contribution in [0.25, 0.3) is 0 Å². The quantitative estimate of drug-likeness (QED) is 0.364. The molecule has 0 bridgehead atoms. The first-order valence-electron chi connectivity index (χ1n) is 13.4. The molecule has 3 aliphatic heterocycles. The maximum atomic E-state index is 13.2. The molecule has 5 rings (SSSR count). The van der Waals surface area contributed by atoms with Crippen molar-refractivity contribution in [2.75, 3.05) is 39.2 Å². The third-order valence-corrected chi connectivity index (χ3v) is 7.93. The molecule has 2 aromatic rings. The molecule has 3 atom stereocenters. The van der Waals surface area contributed by atoms with Crippen molar-refractivity contribution in [1.82, 2.24) is 4.90 Å². The lowest BCUT2D eigenvalue weighted by atomic mass is 9.86. The van der Waals surface area contributed by atoms with Crippen LogP contribution in [-0.4, -0.2) is 72.9 Å². The van der Waals surface area contributed by atoms with E-state index >= 15 is 0 Å². The third-order valence-electron chi connectivity index (χ3n) is 7.93. The van der Waals surface area contributed by atoms with Gasteiger partial charge >= 0.3 is 5.91 Å². The summed E-state index contributed by atoms with van der Waals surface area (Å²) in [5, 5.41) is 3.50. The minimum atomic E-state index is -0.193. The number of epoxide rings is 1. The molecule has 9 nitrogen and oxygen atoms in total. The average molecular weight is 535 g/mol. The number of benzene rings is 2. The van der Waals surface area contributed by atoms with Crippen molar-refractivity contribution in [3.63, 3.8) is 0 Å². The fraction of sp³-hybridized carbons (Fsp3) is 0.467. The van der Waals surface area contributed by atoms with Gasteiger partial charge in [-0.2, -0.15) is 0 Å². The van der Waals surface area contributed by atoms with E-state index in [-0.39, 0.29) is 35.7 Å². The number of nitrogens with zero attached hydrogens (tertiary/aromatic N) is 2. The van der Waals surface area contributed by atoms with Crippen molar-refractivity contribution in [3.8, 4) is 11.5 Å². The summed E-state index contributed by atoms with van der Waals surface area (Å²) in [4.78, 5) is 38.9. The van der Waals surface area contributed by atoms with Crippen LogP contribution >= 0.6 is 0 Å². The average Bonchev–Trinajstić information content (AvgIpc) is 3.58. The zero-order chi connectivity index (χ0) is 27.8. The van der Waals surface area contributed by atoms with Gasteiger partial charge in [-0.1, -0.05) is 0 Å². The second-order valence-corrected chi connectivity index (χ2v) is 10.5. The number of carbonyl (C=O) groups excluding carboxylic acids is 3. The summed E-state index contributed by atoms with van der Waals surface area (Å²) in [6.45, 7) is 6.50. The Balaban J connectivity index is 1.61. The predicted octanol–water partition coefficient (Wildman–Crippen LogP) is 3.95. The minimum absolute atomic E-state index is 0.0396. The summed E-state index contributed by atoms with van der Waals surface area (Å²) in [7, 11) is 3.26. The van der Waals surface area contributed by atoms with Gasteiger partial charge in [-0.05, 0) is 49.6 Å². The van der Waals surface area contributed by atoms with Crippen LogP contribution in [0.4, 0.5) is 11.4 Å². The van der Waals surface area contributed by atoms with Crippen molar-refractivity contribution in [2.45, 2.75) is 58.1 Å². The van der Waals surface area contributed by atoms with E-state index < -0.39 is 0 Å². The topological polar surface area (TPSA) is 100 Å². The molecule has 0 spiro atoms. The molecule has 2 amide bonds. The molecule has 206 valence electrons. The van der Waals surface area contributed by atoms with E-state index in [1.165, 1.54) is 0 Å². The first-order chi connectivity index (χ1) is 18.7. The highest BCUT2D eigenvalue weighted by molar-refractivity contribution is 6.10. The highest BCUT2D eigenvalue weighted by atomic mass is 16.6. The Labute approximate surface area is 228 Å². The van der Waals surface area contributed by atoms with E-state index in [1.807, 2.05) is 24.3 Å². The van der Waals surface area contributed by atoms with Gasteiger partial charge in [0.1, 0.15) is 17.3 Å². The maximum Gasteiger partial charge on any atom is 0.389 e. The van der Waals surface area contributed by atoms with Crippen molar-refractivity contribution in [3.05, 3.63) is 47.0 Å². The SMILES string of the molecule is COc1ccc2c(c1)C(CCN(C(C)=O)C1CO1)C(c1cc3c(cc1OC)C(CCC(C)=O)CN3)=[N+]2C(C)=O. The number of amides is 2. The maximum absolute atomic E-state index is 13.2. The molecular formula is C30H36N3O6+. The van der Waals surface area contributed by atoms with Crippen LogP contribution in [-0.2, 0) is 19.1 Å². The molecule has 1 N–H and O–H groups in total. The van der Waals surface area contributed by atoms with Gasteiger partial charge in [0.05, 0.1) is 39.2 Å². The normalized spacial score (nSPS) is 20.7. The van der Waals surface area contributed by atoms with Gasteiger partial charge < -0.3 is 29.2 Å². The number of Topliss-reactive ketones (excluding diaryl/α,β-unsaturated/α-hetero) is 1. The second kappa shape index (κ2) is 10.8. The second-order valence-electron chi connectivity index (χ2n) is 10.5. The monoisotopic (exact) mass is 534 g/mol. The van der Waals surface area contributed by atoms with Crippen LogP contribution in [0.5, 0.6) is 11.5 Å². The Hall–Kier alpha value is -3.72. The third kappa shape index (κ3) is 5.15. The zero-order valence-corrected chi connectivity index (χ0v) is 23.2. The van der Waals surface area contributed by atoms with Crippen LogP contribution < -0.4 is 14.8 Å². The molecule has 0 aliphatic carbocycles. The number of hydrogen-bond donors (Lipinski definition) is 1. The molecule has 0 saturated carbocycles. The lowest BCUT2D eigenvalue weighted by Crippen LogP contribution is -2.34. The van der Waals surface area contributed by atoms with Crippen molar-refractivity contribution >= 4 is 34.7 Å². The van der Waals surface area contributed by atoms with Crippen molar-refractivity contribution < 1.29 is 33.2 Å². The number of methoxy groups -OCH3 is 2. The smallest absolute Gasteiger partial charge is 0.389 e. The van der Waals surface area contributed by atoms with Gasteiger partial charge in [0.15, 0.2) is 6.23 Å². The van der Waals surface area contributed by atoms with E-state index in [1.54, 1.807) is 44.5 Å². The Morgan fingerprint density at radius 3 is 2.44 bits per heavy atom. The van der Waals surface area contributed by atoms with Crippen LogP contribution in [0, 0.1) is 0 Å². The van der Waals surface area contributed by atoms with E-state index in [2.05, 4.69) is 11.4 Å². The van der Waals surface area contributed by atoms with E-state index in [0.717, 1.165) is 46.7 Å².